The first kappa shape index (κ1) is 12.0. The van der Waals surface area contributed by atoms with Crippen LogP contribution in [0, 0.1) is 11.6 Å². The fourth-order valence-electron chi connectivity index (χ4n) is 2.19. The lowest BCUT2D eigenvalue weighted by Crippen LogP contribution is -2.39. The van der Waals surface area contributed by atoms with Gasteiger partial charge in [0, 0.05) is 30.8 Å². The van der Waals surface area contributed by atoms with Crippen molar-refractivity contribution in [3.05, 3.63) is 35.4 Å². The summed E-state index contributed by atoms with van der Waals surface area (Å²) in [5, 5.41) is 0. The molecule has 2 rings (SSSR count). The molecule has 1 aromatic carbocycles. The molecule has 1 fully saturated rings. The first-order chi connectivity index (χ1) is 8.11. The Labute approximate surface area is 98.2 Å². The van der Waals surface area contributed by atoms with Crippen LogP contribution in [0.3, 0.4) is 0 Å². The largest absolute Gasteiger partial charge is 0.334 e. The van der Waals surface area contributed by atoms with Crippen LogP contribution in [0.4, 0.5) is 8.78 Å². The Morgan fingerprint density at radius 1 is 1.35 bits per heavy atom. The molecule has 0 radical (unpaired) electrons. The van der Waals surface area contributed by atoms with Gasteiger partial charge in [0.2, 0.25) is 0 Å². The van der Waals surface area contributed by atoms with Gasteiger partial charge in [-0.2, -0.15) is 0 Å². The molecule has 1 aromatic rings. The summed E-state index contributed by atoms with van der Waals surface area (Å²) < 4.78 is 26.0. The number of hydrogen-bond acceptors (Lipinski definition) is 2. The summed E-state index contributed by atoms with van der Waals surface area (Å²) in [5.74, 6) is -1.83. The van der Waals surface area contributed by atoms with E-state index in [1.54, 1.807) is 4.90 Å². The maximum Gasteiger partial charge on any atom is 0.254 e. The summed E-state index contributed by atoms with van der Waals surface area (Å²) in [6, 6.07) is 2.84. The molecule has 0 spiro atoms. The average Bonchev–Trinajstić information content (AvgIpc) is 2.74. The fraction of sp³-hybridized carbons (Fsp3) is 0.417. The molecule has 0 aliphatic carbocycles. The van der Waals surface area contributed by atoms with Gasteiger partial charge in [-0.05, 0) is 25.0 Å². The molecule has 1 aliphatic rings. The Morgan fingerprint density at radius 3 is 2.59 bits per heavy atom. The van der Waals surface area contributed by atoms with Crippen molar-refractivity contribution in [2.75, 3.05) is 13.1 Å². The Bertz CT molecular complexity index is 416. The van der Waals surface area contributed by atoms with Crippen molar-refractivity contribution in [1.82, 2.24) is 4.90 Å². The standard InChI is InChI=1S/C12H14F2N2O/c13-9-4-8(5-10(14)6-9)12(17)16-3-1-2-11(16)7-15/h4-6,11H,1-3,7,15H2. The van der Waals surface area contributed by atoms with Gasteiger partial charge in [-0.15, -0.1) is 0 Å². The molecule has 3 nitrogen and oxygen atoms in total. The minimum atomic E-state index is -0.739. The van der Waals surface area contributed by atoms with Crippen molar-refractivity contribution in [3.8, 4) is 0 Å². The number of nitrogens with two attached hydrogens (primary N) is 1. The Balaban J connectivity index is 2.24. The SMILES string of the molecule is NCC1CCCN1C(=O)c1cc(F)cc(F)c1. The molecular weight excluding hydrogens is 226 g/mol. The molecule has 2 N–H and O–H groups in total. The van der Waals surface area contributed by atoms with Crippen LogP contribution in [0.15, 0.2) is 18.2 Å². The number of carbonyl (C=O) groups is 1. The van der Waals surface area contributed by atoms with E-state index in [1.165, 1.54) is 0 Å². The number of likely N-dealkylation sites (tertiary alicyclic amines) is 1. The topological polar surface area (TPSA) is 46.3 Å². The number of carbonyl (C=O) groups excluding carboxylic acids is 1. The lowest BCUT2D eigenvalue weighted by molar-refractivity contribution is 0.0740. The van der Waals surface area contributed by atoms with Crippen LogP contribution in [-0.4, -0.2) is 29.9 Å². The zero-order valence-corrected chi connectivity index (χ0v) is 9.33. The molecule has 1 saturated heterocycles. The predicted octanol–water partition coefficient (Wildman–Crippen LogP) is 1.53. The highest BCUT2D eigenvalue weighted by atomic mass is 19.1. The molecule has 0 saturated carbocycles. The molecule has 1 amide bonds. The van der Waals surface area contributed by atoms with Crippen LogP contribution in [0.1, 0.15) is 23.2 Å². The summed E-state index contributed by atoms with van der Waals surface area (Å²) in [5.41, 5.74) is 5.60. The van der Waals surface area contributed by atoms with Crippen molar-refractivity contribution in [3.63, 3.8) is 0 Å². The molecule has 17 heavy (non-hydrogen) atoms. The second-order valence-corrected chi connectivity index (χ2v) is 4.19. The Hall–Kier alpha value is -1.49. The van der Waals surface area contributed by atoms with E-state index in [1.807, 2.05) is 0 Å². The second-order valence-electron chi connectivity index (χ2n) is 4.19. The number of amides is 1. The first-order valence-electron chi connectivity index (χ1n) is 5.59. The third-order valence-electron chi connectivity index (χ3n) is 3.02. The van der Waals surface area contributed by atoms with Crippen LogP contribution < -0.4 is 5.73 Å². The minimum Gasteiger partial charge on any atom is -0.334 e. The summed E-state index contributed by atoms with van der Waals surface area (Å²) in [6.07, 6.45) is 1.73. The average molecular weight is 240 g/mol. The highest BCUT2D eigenvalue weighted by Gasteiger charge is 2.28. The first-order valence-corrected chi connectivity index (χ1v) is 5.59. The van der Waals surface area contributed by atoms with Gasteiger partial charge in [-0.25, -0.2) is 8.78 Å². The summed E-state index contributed by atoms with van der Waals surface area (Å²) in [7, 11) is 0. The normalized spacial score (nSPS) is 19.7. The summed E-state index contributed by atoms with van der Waals surface area (Å²) in [4.78, 5) is 13.6. The van der Waals surface area contributed by atoms with E-state index >= 15 is 0 Å². The molecule has 1 atom stereocenters. The zero-order chi connectivity index (χ0) is 12.4. The van der Waals surface area contributed by atoms with E-state index < -0.39 is 11.6 Å². The van der Waals surface area contributed by atoms with Gasteiger partial charge in [0.1, 0.15) is 11.6 Å². The fourth-order valence-corrected chi connectivity index (χ4v) is 2.19. The second kappa shape index (κ2) is 4.79. The number of benzene rings is 1. The quantitative estimate of drug-likeness (QED) is 0.852. The number of rotatable bonds is 2. The molecule has 1 aliphatic heterocycles. The van der Waals surface area contributed by atoms with Gasteiger partial charge in [-0.3, -0.25) is 4.79 Å². The van der Waals surface area contributed by atoms with Crippen molar-refractivity contribution >= 4 is 5.91 Å². The summed E-state index contributed by atoms with van der Waals surface area (Å²) in [6.45, 7) is 0.975. The number of hydrogen-bond donors (Lipinski definition) is 1. The molecular formula is C12H14F2N2O. The zero-order valence-electron chi connectivity index (χ0n) is 9.33. The van der Waals surface area contributed by atoms with Gasteiger partial charge in [0.25, 0.3) is 5.91 Å². The van der Waals surface area contributed by atoms with Gasteiger partial charge >= 0.3 is 0 Å². The van der Waals surface area contributed by atoms with Gasteiger partial charge in [-0.1, -0.05) is 0 Å². The third kappa shape index (κ3) is 2.44. The highest BCUT2D eigenvalue weighted by molar-refractivity contribution is 5.94. The van der Waals surface area contributed by atoms with Crippen molar-refractivity contribution in [2.24, 2.45) is 5.73 Å². The lowest BCUT2D eigenvalue weighted by Gasteiger charge is -2.23. The lowest BCUT2D eigenvalue weighted by atomic mass is 10.1. The van der Waals surface area contributed by atoms with E-state index in [4.69, 9.17) is 5.73 Å². The van der Waals surface area contributed by atoms with E-state index in [9.17, 15) is 13.6 Å². The third-order valence-corrected chi connectivity index (χ3v) is 3.02. The number of nitrogens with zero attached hydrogens (tertiary/aromatic N) is 1. The van der Waals surface area contributed by atoms with Crippen molar-refractivity contribution in [2.45, 2.75) is 18.9 Å². The summed E-state index contributed by atoms with van der Waals surface area (Å²) >= 11 is 0. The Kier molecular flexibility index (Phi) is 3.38. The maximum atomic E-state index is 13.0. The van der Waals surface area contributed by atoms with Crippen LogP contribution in [0.5, 0.6) is 0 Å². The van der Waals surface area contributed by atoms with Gasteiger partial charge in [0.15, 0.2) is 0 Å². The molecule has 92 valence electrons. The molecule has 5 heteroatoms. The van der Waals surface area contributed by atoms with Gasteiger partial charge < -0.3 is 10.6 Å². The molecule has 1 heterocycles. The van der Waals surface area contributed by atoms with E-state index in [2.05, 4.69) is 0 Å². The monoisotopic (exact) mass is 240 g/mol. The Morgan fingerprint density at radius 2 is 2.00 bits per heavy atom. The van der Waals surface area contributed by atoms with Crippen LogP contribution in [-0.2, 0) is 0 Å². The van der Waals surface area contributed by atoms with E-state index in [0.29, 0.717) is 13.1 Å². The smallest absolute Gasteiger partial charge is 0.254 e. The van der Waals surface area contributed by atoms with Crippen LogP contribution >= 0.6 is 0 Å². The van der Waals surface area contributed by atoms with E-state index in [-0.39, 0.29) is 17.5 Å². The van der Waals surface area contributed by atoms with Crippen molar-refractivity contribution < 1.29 is 13.6 Å². The highest BCUT2D eigenvalue weighted by Crippen LogP contribution is 2.20. The molecule has 1 unspecified atom stereocenters. The number of halogens is 2. The van der Waals surface area contributed by atoms with E-state index in [0.717, 1.165) is 31.0 Å². The predicted molar refractivity (Wildman–Crippen MR) is 59.5 cm³/mol. The molecule has 0 bridgehead atoms. The van der Waals surface area contributed by atoms with Gasteiger partial charge in [0.05, 0.1) is 0 Å². The van der Waals surface area contributed by atoms with Crippen LogP contribution in [0.2, 0.25) is 0 Å². The van der Waals surface area contributed by atoms with Crippen molar-refractivity contribution in [1.29, 1.82) is 0 Å². The molecule has 0 aromatic heterocycles. The minimum absolute atomic E-state index is 0.0196. The van der Waals surface area contributed by atoms with Crippen LogP contribution in [0.25, 0.3) is 0 Å². The maximum absolute atomic E-state index is 13.0.